The van der Waals surface area contributed by atoms with Gasteiger partial charge in [0.25, 0.3) is 0 Å². The van der Waals surface area contributed by atoms with Crippen molar-refractivity contribution in [1.82, 2.24) is 20.2 Å². The molecule has 0 aliphatic heterocycles. The van der Waals surface area contributed by atoms with Gasteiger partial charge in [0.1, 0.15) is 0 Å². The van der Waals surface area contributed by atoms with Crippen molar-refractivity contribution in [1.29, 1.82) is 0 Å². The van der Waals surface area contributed by atoms with Gasteiger partial charge in [0.2, 0.25) is 5.95 Å². The van der Waals surface area contributed by atoms with Gasteiger partial charge in [-0.05, 0) is 29.3 Å². The lowest BCUT2D eigenvalue weighted by Crippen LogP contribution is -2.08. The summed E-state index contributed by atoms with van der Waals surface area (Å²) in [5.74, 6) is 1.12. The van der Waals surface area contributed by atoms with Crippen LogP contribution in [0.5, 0.6) is 0 Å². The summed E-state index contributed by atoms with van der Waals surface area (Å²) >= 11 is 5.87. The van der Waals surface area contributed by atoms with Crippen molar-refractivity contribution < 1.29 is 0 Å². The van der Waals surface area contributed by atoms with Gasteiger partial charge in [-0.25, -0.2) is 0 Å². The van der Waals surface area contributed by atoms with Crippen LogP contribution < -0.4 is 10.6 Å². The van der Waals surface area contributed by atoms with Crippen LogP contribution in [-0.2, 0) is 13.1 Å². The van der Waals surface area contributed by atoms with Crippen LogP contribution in [0.2, 0.25) is 5.02 Å². The second-order valence-corrected chi connectivity index (χ2v) is 5.30. The van der Waals surface area contributed by atoms with Crippen molar-refractivity contribution in [3.63, 3.8) is 0 Å². The number of pyridine rings is 1. The Kier molecular flexibility index (Phi) is 4.95. The average molecular weight is 327 g/mol. The van der Waals surface area contributed by atoms with Gasteiger partial charge in [-0.1, -0.05) is 29.8 Å². The van der Waals surface area contributed by atoms with Crippen molar-refractivity contribution >= 4 is 23.4 Å². The van der Waals surface area contributed by atoms with Crippen LogP contribution in [-0.4, -0.2) is 20.2 Å². The molecule has 0 saturated heterocycles. The van der Waals surface area contributed by atoms with E-state index in [2.05, 4.69) is 30.8 Å². The zero-order valence-electron chi connectivity index (χ0n) is 12.3. The third-order valence-corrected chi connectivity index (χ3v) is 3.37. The number of hydrogen-bond donors (Lipinski definition) is 2. The summed E-state index contributed by atoms with van der Waals surface area (Å²) < 4.78 is 0. The Balaban J connectivity index is 1.57. The molecule has 3 aromatic rings. The molecule has 2 aromatic heterocycles. The summed E-state index contributed by atoms with van der Waals surface area (Å²) in [6, 6.07) is 11.5. The quantitative estimate of drug-likeness (QED) is 0.724. The number of aromatic nitrogens is 4. The molecule has 3 rings (SSSR count). The lowest BCUT2D eigenvalue weighted by Gasteiger charge is -2.07. The predicted molar refractivity (Wildman–Crippen MR) is 90.2 cm³/mol. The van der Waals surface area contributed by atoms with Gasteiger partial charge in [0.15, 0.2) is 5.82 Å². The fourth-order valence-electron chi connectivity index (χ4n) is 1.94. The van der Waals surface area contributed by atoms with E-state index in [9.17, 15) is 0 Å². The number of benzene rings is 1. The van der Waals surface area contributed by atoms with Gasteiger partial charge in [0.05, 0.1) is 6.20 Å². The molecule has 0 atom stereocenters. The molecule has 0 amide bonds. The molecule has 0 aliphatic carbocycles. The molecule has 2 heterocycles. The highest BCUT2D eigenvalue weighted by Crippen LogP contribution is 2.11. The molecular weight excluding hydrogens is 312 g/mol. The Hall–Kier alpha value is -2.73. The van der Waals surface area contributed by atoms with Crippen LogP contribution >= 0.6 is 11.6 Å². The van der Waals surface area contributed by atoms with E-state index < -0.39 is 0 Å². The van der Waals surface area contributed by atoms with Crippen molar-refractivity contribution in [3.05, 3.63) is 71.1 Å². The van der Waals surface area contributed by atoms with Crippen molar-refractivity contribution in [2.24, 2.45) is 0 Å². The minimum absolute atomic E-state index is 0.469. The number of nitrogens with zero attached hydrogens (tertiary/aromatic N) is 4. The summed E-state index contributed by atoms with van der Waals surface area (Å²) in [6.07, 6.45) is 5.14. The maximum Gasteiger partial charge on any atom is 0.244 e. The Morgan fingerprint density at radius 3 is 2.52 bits per heavy atom. The third-order valence-electron chi connectivity index (χ3n) is 3.12. The van der Waals surface area contributed by atoms with Gasteiger partial charge in [-0.15, -0.1) is 5.10 Å². The molecule has 116 valence electrons. The Morgan fingerprint density at radius 1 is 0.913 bits per heavy atom. The van der Waals surface area contributed by atoms with E-state index in [1.54, 1.807) is 18.6 Å². The first-order valence-corrected chi connectivity index (χ1v) is 7.48. The Bertz CT molecular complexity index is 748. The third kappa shape index (κ3) is 4.62. The molecule has 0 aliphatic rings. The average Bonchev–Trinajstić information content (AvgIpc) is 2.61. The molecule has 1 aromatic carbocycles. The highest BCUT2D eigenvalue weighted by atomic mass is 35.5. The highest BCUT2D eigenvalue weighted by molar-refractivity contribution is 6.30. The molecule has 2 N–H and O–H groups in total. The van der Waals surface area contributed by atoms with Crippen molar-refractivity contribution in [2.75, 3.05) is 10.6 Å². The van der Waals surface area contributed by atoms with Crippen LogP contribution in [0.15, 0.2) is 55.0 Å². The number of nitrogens with one attached hydrogen (secondary N) is 2. The standard InChI is InChI=1S/C16H15ClN6/c17-14-5-3-12(4-6-14)9-20-16-22-15(11-21-23-16)19-10-13-2-1-7-18-8-13/h1-8,11H,9-10H2,(H2,19,20,22,23). The molecule has 23 heavy (non-hydrogen) atoms. The van der Waals surface area contributed by atoms with E-state index in [1.807, 2.05) is 36.4 Å². The summed E-state index contributed by atoms with van der Waals surface area (Å²) in [6.45, 7) is 1.23. The minimum atomic E-state index is 0.469. The van der Waals surface area contributed by atoms with Crippen LogP contribution in [0.1, 0.15) is 11.1 Å². The molecule has 0 fully saturated rings. The fraction of sp³-hybridized carbons (Fsp3) is 0.125. The normalized spacial score (nSPS) is 10.3. The first-order valence-electron chi connectivity index (χ1n) is 7.10. The van der Waals surface area contributed by atoms with Crippen LogP contribution in [0, 0.1) is 0 Å². The zero-order valence-corrected chi connectivity index (χ0v) is 13.0. The molecule has 0 spiro atoms. The Labute approximate surface area is 139 Å². The van der Waals surface area contributed by atoms with Crippen molar-refractivity contribution in [3.8, 4) is 0 Å². The van der Waals surface area contributed by atoms with E-state index in [4.69, 9.17) is 11.6 Å². The van der Waals surface area contributed by atoms with Crippen LogP contribution in [0.3, 0.4) is 0 Å². The van der Waals surface area contributed by atoms with Gasteiger partial charge in [0, 0.05) is 30.5 Å². The molecule has 0 unspecified atom stereocenters. The SMILES string of the molecule is Clc1ccc(CNc2nncc(NCc3cccnc3)n2)cc1. The van der Waals surface area contributed by atoms with E-state index in [0.717, 1.165) is 11.1 Å². The maximum atomic E-state index is 5.87. The van der Waals surface area contributed by atoms with Crippen LogP contribution in [0.4, 0.5) is 11.8 Å². The van der Waals surface area contributed by atoms with E-state index in [1.165, 1.54) is 0 Å². The molecular formula is C16H15ClN6. The van der Waals surface area contributed by atoms with Gasteiger partial charge in [-0.3, -0.25) is 4.98 Å². The highest BCUT2D eigenvalue weighted by Gasteiger charge is 2.01. The largest absolute Gasteiger partial charge is 0.364 e. The molecule has 6 nitrogen and oxygen atoms in total. The predicted octanol–water partition coefficient (Wildman–Crippen LogP) is 3.14. The number of anilines is 2. The first kappa shape index (κ1) is 15.2. The van der Waals surface area contributed by atoms with Gasteiger partial charge in [-0.2, -0.15) is 10.1 Å². The topological polar surface area (TPSA) is 75.6 Å². The molecule has 7 heteroatoms. The maximum absolute atomic E-state index is 5.87. The second-order valence-electron chi connectivity index (χ2n) is 4.86. The van der Waals surface area contributed by atoms with E-state index in [0.29, 0.717) is 29.9 Å². The lowest BCUT2D eigenvalue weighted by molar-refractivity contribution is 0.936. The van der Waals surface area contributed by atoms with Crippen molar-refractivity contribution in [2.45, 2.75) is 13.1 Å². The van der Waals surface area contributed by atoms with E-state index >= 15 is 0 Å². The monoisotopic (exact) mass is 326 g/mol. The second kappa shape index (κ2) is 7.51. The molecule has 0 saturated carbocycles. The number of hydrogen-bond acceptors (Lipinski definition) is 6. The molecule has 0 radical (unpaired) electrons. The first-order chi connectivity index (χ1) is 11.3. The zero-order chi connectivity index (χ0) is 15.9. The van der Waals surface area contributed by atoms with E-state index in [-0.39, 0.29) is 0 Å². The lowest BCUT2D eigenvalue weighted by atomic mass is 10.2. The van der Waals surface area contributed by atoms with Gasteiger partial charge >= 0.3 is 0 Å². The summed E-state index contributed by atoms with van der Waals surface area (Å²) in [7, 11) is 0. The summed E-state index contributed by atoms with van der Waals surface area (Å²) in [5, 5.41) is 15.0. The number of rotatable bonds is 6. The summed E-state index contributed by atoms with van der Waals surface area (Å²) in [4.78, 5) is 8.45. The van der Waals surface area contributed by atoms with Crippen LogP contribution in [0.25, 0.3) is 0 Å². The smallest absolute Gasteiger partial charge is 0.244 e. The molecule has 0 bridgehead atoms. The minimum Gasteiger partial charge on any atom is -0.364 e. The summed E-state index contributed by atoms with van der Waals surface area (Å²) in [5.41, 5.74) is 2.16. The fourth-order valence-corrected chi connectivity index (χ4v) is 2.07. The Morgan fingerprint density at radius 2 is 1.74 bits per heavy atom. The number of halogens is 1. The van der Waals surface area contributed by atoms with Gasteiger partial charge < -0.3 is 10.6 Å².